The van der Waals surface area contributed by atoms with Crippen molar-refractivity contribution in [1.29, 1.82) is 0 Å². The van der Waals surface area contributed by atoms with Gasteiger partial charge in [-0.2, -0.15) is 0 Å². The van der Waals surface area contributed by atoms with E-state index in [0.29, 0.717) is 13.2 Å². The standard InChI is InChI=1S/C11H16N2O6/c1-17-10(15)8-6-12(2-4-18-8)7-9(14)13-3-5-19-11(13)16/h8H,2-7H2,1H3. The van der Waals surface area contributed by atoms with E-state index in [9.17, 15) is 14.4 Å². The van der Waals surface area contributed by atoms with Crippen molar-refractivity contribution >= 4 is 18.0 Å². The Morgan fingerprint density at radius 1 is 1.37 bits per heavy atom. The first-order valence-corrected chi connectivity index (χ1v) is 6.00. The molecule has 1 unspecified atom stereocenters. The van der Waals surface area contributed by atoms with Crippen LogP contribution in [0.25, 0.3) is 0 Å². The van der Waals surface area contributed by atoms with Crippen LogP contribution in [0.3, 0.4) is 0 Å². The predicted molar refractivity (Wildman–Crippen MR) is 61.3 cm³/mol. The molecule has 0 aromatic carbocycles. The number of cyclic esters (lactones) is 1. The molecule has 0 saturated carbocycles. The molecule has 8 heteroatoms. The molecule has 2 saturated heterocycles. The van der Waals surface area contributed by atoms with Crippen LogP contribution in [-0.2, 0) is 23.8 Å². The number of hydrogen-bond donors (Lipinski definition) is 0. The molecule has 2 heterocycles. The Bertz CT molecular complexity index is 385. The van der Waals surface area contributed by atoms with E-state index in [1.807, 2.05) is 0 Å². The molecule has 106 valence electrons. The summed E-state index contributed by atoms with van der Waals surface area (Å²) in [7, 11) is 1.29. The van der Waals surface area contributed by atoms with Crippen LogP contribution in [0.15, 0.2) is 0 Å². The molecule has 0 aliphatic carbocycles. The van der Waals surface area contributed by atoms with Gasteiger partial charge in [0.2, 0.25) is 5.91 Å². The highest BCUT2D eigenvalue weighted by molar-refractivity contribution is 5.94. The molecule has 0 radical (unpaired) electrons. The average molecular weight is 272 g/mol. The maximum atomic E-state index is 11.9. The highest BCUT2D eigenvalue weighted by Crippen LogP contribution is 2.09. The van der Waals surface area contributed by atoms with Crippen LogP contribution in [0.5, 0.6) is 0 Å². The van der Waals surface area contributed by atoms with Gasteiger partial charge < -0.3 is 14.2 Å². The minimum Gasteiger partial charge on any atom is -0.467 e. The van der Waals surface area contributed by atoms with E-state index in [1.165, 1.54) is 7.11 Å². The minimum absolute atomic E-state index is 0.0615. The lowest BCUT2D eigenvalue weighted by molar-refractivity contribution is -0.160. The van der Waals surface area contributed by atoms with Gasteiger partial charge in [-0.25, -0.2) is 14.5 Å². The van der Waals surface area contributed by atoms with Gasteiger partial charge in [0, 0.05) is 13.1 Å². The van der Waals surface area contributed by atoms with E-state index in [4.69, 9.17) is 9.47 Å². The number of carbonyl (C=O) groups excluding carboxylic acids is 3. The molecule has 2 fully saturated rings. The number of amides is 2. The first-order chi connectivity index (χ1) is 9.11. The van der Waals surface area contributed by atoms with Crippen molar-refractivity contribution in [3.05, 3.63) is 0 Å². The summed E-state index contributed by atoms with van der Waals surface area (Å²) in [4.78, 5) is 37.3. The molecule has 0 aromatic heterocycles. The monoisotopic (exact) mass is 272 g/mol. The second-order valence-electron chi connectivity index (χ2n) is 4.28. The van der Waals surface area contributed by atoms with Crippen LogP contribution in [0.2, 0.25) is 0 Å². The van der Waals surface area contributed by atoms with Crippen molar-refractivity contribution in [2.45, 2.75) is 6.10 Å². The SMILES string of the molecule is COC(=O)C1CN(CC(=O)N2CCOC2=O)CCO1. The summed E-state index contributed by atoms with van der Waals surface area (Å²) >= 11 is 0. The smallest absolute Gasteiger partial charge is 0.416 e. The fourth-order valence-electron chi connectivity index (χ4n) is 2.02. The quantitative estimate of drug-likeness (QED) is 0.599. The maximum Gasteiger partial charge on any atom is 0.416 e. The van der Waals surface area contributed by atoms with Gasteiger partial charge in [0.25, 0.3) is 0 Å². The van der Waals surface area contributed by atoms with Gasteiger partial charge in [-0.3, -0.25) is 9.69 Å². The Labute approximate surface area is 110 Å². The molecule has 2 amide bonds. The topological polar surface area (TPSA) is 85.4 Å². The van der Waals surface area contributed by atoms with Crippen molar-refractivity contribution in [2.75, 3.05) is 46.5 Å². The van der Waals surface area contributed by atoms with Crippen LogP contribution < -0.4 is 0 Å². The first kappa shape index (κ1) is 13.8. The zero-order chi connectivity index (χ0) is 13.8. The van der Waals surface area contributed by atoms with E-state index < -0.39 is 18.2 Å². The third-order valence-electron chi connectivity index (χ3n) is 3.04. The molecule has 2 rings (SSSR count). The molecular formula is C11H16N2O6. The maximum absolute atomic E-state index is 11.9. The Balaban J connectivity index is 1.86. The number of methoxy groups -OCH3 is 1. The van der Waals surface area contributed by atoms with Crippen molar-refractivity contribution in [3.63, 3.8) is 0 Å². The number of carbonyl (C=O) groups is 3. The van der Waals surface area contributed by atoms with E-state index in [-0.39, 0.29) is 32.1 Å². The molecule has 0 N–H and O–H groups in total. The normalized spacial score (nSPS) is 24.2. The predicted octanol–water partition coefficient (Wildman–Crippen LogP) is -1.16. The van der Waals surface area contributed by atoms with E-state index in [2.05, 4.69) is 4.74 Å². The average Bonchev–Trinajstić information content (AvgIpc) is 2.84. The number of morpholine rings is 1. The van der Waals surface area contributed by atoms with E-state index in [0.717, 1.165) is 4.90 Å². The van der Waals surface area contributed by atoms with Crippen molar-refractivity contribution in [2.24, 2.45) is 0 Å². The lowest BCUT2D eigenvalue weighted by Gasteiger charge is -2.31. The summed E-state index contributed by atoms with van der Waals surface area (Å²) in [6.45, 7) is 1.73. The summed E-state index contributed by atoms with van der Waals surface area (Å²) in [6, 6.07) is 0. The summed E-state index contributed by atoms with van der Waals surface area (Å²) in [5.41, 5.74) is 0. The molecular weight excluding hydrogens is 256 g/mol. The molecule has 0 spiro atoms. The second-order valence-corrected chi connectivity index (χ2v) is 4.28. The van der Waals surface area contributed by atoms with Crippen LogP contribution in [0.4, 0.5) is 4.79 Å². The molecule has 2 aliphatic rings. The van der Waals surface area contributed by atoms with Gasteiger partial charge in [-0.05, 0) is 0 Å². The lowest BCUT2D eigenvalue weighted by Crippen LogP contribution is -2.50. The number of esters is 1. The molecule has 8 nitrogen and oxygen atoms in total. The summed E-state index contributed by atoms with van der Waals surface area (Å²) < 4.78 is 14.6. The Morgan fingerprint density at radius 3 is 2.79 bits per heavy atom. The van der Waals surface area contributed by atoms with E-state index >= 15 is 0 Å². The molecule has 1 atom stereocenters. The number of nitrogens with zero attached hydrogens (tertiary/aromatic N) is 2. The van der Waals surface area contributed by atoms with Gasteiger partial charge in [-0.15, -0.1) is 0 Å². The molecule has 0 aromatic rings. The molecule has 19 heavy (non-hydrogen) atoms. The summed E-state index contributed by atoms with van der Waals surface area (Å²) in [6.07, 6.45) is -1.29. The number of hydrogen-bond acceptors (Lipinski definition) is 7. The van der Waals surface area contributed by atoms with Crippen LogP contribution >= 0.6 is 0 Å². The zero-order valence-corrected chi connectivity index (χ0v) is 10.7. The van der Waals surface area contributed by atoms with Crippen LogP contribution in [-0.4, -0.2) is 80.4 Å². The number of rotatable bonds is 3. The van der Waals surface area contributed by atoms with Crippen LogP contribution in [0.1, 0.15) is 0 Å². The van der Waals surface area contributed by atoms with Crippen molar-refractivity contribution < 1.29 is 28.6 Å². The Hall–Kier alpha value is -1.67. The fraction of sp³-hybridized carbons (Fsp3) is 0.727. The van der Waals surface area contributed by atoms with Gasteiger partial charge in [0.15, 0.2) is 6.10 Å². The van der Waals surface area contributed by atoms with Gasteiger partial charge in [0.1, 0.15) is 6.61 Å². The van der Waals surface area contributed by atoms with Gasteiger partial charge in [0.05, 0.1) is 26.8 Å². The number of ether oxygens (including phenoxy) is 3. The minimum atomic E-state index is -0.683. The third kappa shape index (κ3) is 3.21. The summed E-state index contributed by atoms with van der Waals surface area (Å²) in [5.74, 6) is -0.786. The molecule has 0 bridgehead atoms. The molecule has 2 aliphatic heterocycles. The lowest BCUT2D eigenvalue weighted by atomic mass is 10.2. The van der Waals surface area contributed by atoms with Crippen LogP contribution in [0, 0.1) is 0 Å². The van der Waals surface area contributed by atoms with E-state index in [1.54, 1.807) is 4.90 Å². The zero-order valence-electron chi connectivity index (χ0n) is 10.7. The highest BCUT2D eigenvalue weighted by atomic mass is 16.6. The third-order valence-corrected chi connectivity index (χ3v) is 3.04. The first-order valence-electron chi connectivity index (χ1n) is 6.00. The Kier molecular flexibility index (Phi) is 4.33. The van der Waals surface area contributed by atoms with Crippen molar-refractivity contribution in [3.8, 4) is 0 Å². The fourth-order valence-corrected chi connectivity index (χ4v) is 2.02. The number of imide groups is 1. The van der Waals surface area contributed by atoms with Gasteiger partial charge >= 0.3 is 12.1 Å². The largest absolute Gasteiger partial charge is 0.467 e. The highest BCUT2D eigenvalue weighted by Gasteiger charge is 2.32. The van der Waals surface area contributed by atoms with Crippen molar-refractivity contribution in [1.82, 2.24) is 9.80 Å². The van der Waals surface area contributed by atoms with Gasteiger partial charge in [-0.1, -0.05) is 0 Å². The second kappa shape index (κ2) is 5.98. The Morgan fingerprint density at radius 2 is 2.16 bits per heavy atom. The summed E-state index contributed by atoms with van der Waals surface area (Å²) in [5, 5.41) is 0.